The molecule has 30 heavy (non-hydrogen) atoms. The van der Waals surface area contributed by atoms with Gasteiger partial charge in [0.15, 0.2) is 0 Å². The van der Waals surface area contributed by atoms with Gasteiger partial charge in [0.2, 0.25) is 0 Å². The van der Waals surface area contributed by atoms with Crippen molar-refractivity contribution < 1.29 is 9.59 Å². The molecule has 2 unspecified atom stereocenters. The second kappa shape index (κ2) is 8.73. The highest BCUT2D eigenvalue weighted by Crippen LogP contribution is 2.34. The number of hydrogen-bond acceptors (Lipinski definition) is 5. The van der Waals surface area contributed by atoms with Crippen LogP contribution in [0.2, 0.25) is 0 Å². The SMILES string of the molecule is Cc1nc(C(=O)NCC2CCC3CN(C(=O)NC(C)C)c4ccccc4CN23)cs1. The van der Waals surface area contributed by atoms with Gasteiger partial charge >= 0.3 is 6.03 Å². The van der Waals surface area contributed by atoms with Crippen molar-refractivity contribution in [3.05, 3.63) is 45.9 Å². The summed E-state index contributed by atoms with van der Waals surface area (Å²) in [5.41, 5.74) is 2.61. The number of thiazole rings is 1. The van der Waals surface area contributed by atoms with Gasteiger partial charge in [-0.15, -0.1) is 11.3 Å². The maximum Gasteiger partial charge on any atom is 0.322 e. The van der Waals surface area contributed by atoms with Gasteiger partial charge in [-0.2, -0.15) is 0 Å². The van der Waals surface area contributed by atoms with Crippen molar-refractivity contribution in [3.63, 3.8) is 0 Å². The molecule has 0 radical (unpaired) electrons. The molecule has 1 aromatic carbocycles. The lowest BCUT2D eigenvalue weighted by Gasteiger charge is -2.30. The largest absolute Gasteiger partial charge is 0.349 e. The lowest BCUT2D eigenvalue weighted by Crippen LogP contribution is -2.49. The number of aryl methyl sites for hydroxylation is 1. The molecule has 2 aliphatic heterocycles. The number of carbonyl (C=O) groups excluding carboxylic acids is 2. The van der Waals surface area contributed by atoms with Crippen molar-refractivity contribution in [1.82, 2.24) is 20.5 Å². The highest BCUT2D eigenvalue weighted by molar-refractivity contribution is 7.09. The molecule has 0 saturated carbocycles. The van der Waals surface area contributed by atoms with Crippen molar-refractivity contribution in [2.24, 2.45) is 0 Å². The third kappa shape index (κ3) is 4.34. The summed E-state index contributed by atoms with van der Waals surface area (Å²) in [6.07, 6.45) is 2.01. The van der Waals surface area contributed by atoms with Crippen molar-refractivity contribution in [3.8, 4) is 0 Å². The van der Waals surface area contributed by atoms with E-state index in [2.05, 4.69) is 26.6 Å². The number of benzene rings is 1. The van der Waals surface area contributed by atoms with E-state index < -0.39 is 0 Å². The number of amides is 3. The van der Waals surface area contributed by atoms with Crippen molar-refractivity contribution >= 4 is 29.0 Å². The van der Waals surface area contributed by atoms with Crippen LogP contribution in [0.1, 0.15) is 47.7 Å². The lowest BCUT2D eigenvalue weighted by molar-refractivity contribution is 0.0929. The number of carbonyl (C=O) groups is 2. The van der Waals surface area contributed by atoms with Gasteiger partial charge in [-0.05, 0) is 45.2 Å². The minimum Gasteiger partial charge on any atom is -0.349 e. The minimum atomic E-state index is -0.115. The van der Waals surface area contributed by atoms with Gasteiger partial charge in [0.1, 0.15) is 5.69 Å². The first-order chi connectivity index (χ1) is 14.4. The fourth-order valence-corrected chi connectivity index (χ4v) is 4.98. The van der Waals surface area contributed by atoms with E-state index in [1.165, 1.54) is 11.3 Å². The first-order valence-corrected chi connectivity index (χ1v) is 11.4. The summed E-state index contributed by atoms with van der Waals surface area (Å²) in [6, 6.07) is 8.70. The van der Waals surface area contributed by atoms with Gasteiger partial charge in [0.05, 0.1) is 5.01 Å². The topological polar surface area (TPSA) is 77.6 Å². The average Bonchev–Trinajstić information content (AvgIpc) is 3.26. The van der Waals surface area contributed by atoms with Crippen molar-refractivity contribution in [2.45, 2.75) is 58.3 Å². The molecule has 0 bridgehead atoms. The van der Waals surface area contributed by atoms with Crippen LogP contribution in [0.3, 0.4) is 0 Å². The molecule has 8 heteroatoms. The number of urea groups is 1. The molecule has 0 aliphatic carbocycles. The van der Waals surface area contributed by atoms with Crippen LogP contribution in [-0.4, -0.2) is 53.0 Å². The normalized spacial score (nSPS) is 21.1. The average molecular weight is 428 g/mol. The predicted octanol–water partition coefficient (Wildman–Crippen LogP) is 3.15. The van der Waals surface area contributed by atoms with E-state index in [4.69, 9.17) is 0 Å². The standard InChI is InChI=1S/C22H29N5O2S/c1-14(2)24-22(29)27-12-18-9-8-17(10-23-21(28)19-13-30-15(3)25-19)26(18)11-16-6-4-5-7-20(16)27/h4-7,13-14,17-18H,8-12H2,1-3H3,(H,23,28)(H,24,29). The molecule has 3 heterocycles. The second-order valence-electron chi connectivity index (χ2n) is 8.36. The smallest absolute Gasteiger partial charge is 0.322 e. The maximum absolute atomic E-state index is 12.9. The highest BCUT2D eigenvalue weighted by Gasteiger charge is 2.38. The Morgan fingerprint density at radius 3 is 2.80 bits per heavy atom. The molecule has 160 valence electrons. The van der Waals surface area contributed by atoms with Crippen molar-refractivity contribution in [1.29, 1.82) is 0 Å². The van der Waals surface area contributed by atoms with E-state index in [1.54, 1.807) is 5.38 Å². The summed E-state index contributed by atoms with van der Waals surface area (Å²) in [4.78, 5) is 34.0. The predicted molar refractivity (Wildman–Crippen MR) is 119 cm³/mol. The Bertz CT molecular complexity index is 928. The van der Waals surface area contributed by atoms with Crippen LogP contribution in [-0.2, 0) is 6.54 Å². The van der Waals surface area contributed by atoms with Gasteiger partial charge in [0.25, 0.3) is 5.91 Å². The second-order valence-corrected chi connectivity index (χ2v) is 9.42. The zero-order valence-electron chi connectivity index (χ0n) is 17.7. The van der Waals surface area contributed by atoms with Crippen LogP contribution in [0.15, 0.2) is 29.6 Å². The number of aromatic nitrogens is 1. The molecule has 2 aromatic rings. The molecule has 4 rings (SSSR count). The third-order valence-corrected chi connectivity index (χ3v) is 6.58. The van der Waals surface area contributed by atoms with Crippen LogP contribution < -0.4 is 15.5 Å². The third-order valence-electron chi connectivity index (χ3n) is 5.81. The van der Waals surface area contributed by atoms with E-state index in [1.807, 2.05) is 43.9 Å². The van der Waals surface area contributed by atoms with Gasteiger partial charge in [-0.3, -0.25) is 14.6 Å². The number of para-hydroxylation sites is 1. The number of anilines is 1. The molecule has 1 aromatic heterocycles. The molecule has 2 aliphatic rings. The monoisotopic (exact) mass is 427 g/mol. The van der Waals surface area contributed by atoms with E-state index in [0.29, 0.717) is 18.8 Å². The Morgan fingerprint density at radius 2 is 2.07 bits per heavy atom. The fourth-order valence-electron chi connectivity index (χ4n) is 4.39. The summed E-state index contributed by atoms with van der Waals surface area (Å²) >= 11 is 1.49. The van der Waals surface area contributed by atoms with Gasteiger partial charge in [-0.1, -0.05) is 18.2 Å². The number of rotatable bonds is 4. The summed E-state index contributed by atoms with van der Waals surface area (Å²) < 4.78 is 0. The molecule has 1 saturated heterocycles. The minimum absolute atomic E-state index is 0.0463. The van der Waals surface area contributed by atoms with E-state index >= 15 is 0 Å². The number of nitrogens with zero attached hydrogens (tertiary/aromatic N) is 3. The Morgan fingerprint density at radius 1 is 1.27 bits per heavy atom. The van der Waals surface area contributed by atoms with Crippen LogP contribution >= 0.6 is 11.3 Å². The molecule has 1 fully saturated rings. The number of nitrogens with one attached hydrogen (secondary N) is 2. The molecular formula is C22H29N5O2S. The molecule has 3 amide bonds. The van der Waals surface area contributed by atoms with E-state index in [9.17, 15) is 9.59 Å². The molecule has 0 spiro atoms. The maximum atomic E-state index is 12.9. The van der Waals surface area contributed by atoms with Crippen molar-refractivity contribution in [2.75, 3.05) is 18.0 Å². The van der Waals surface area contributed by atoms with E-state index in [-0.39, 0.29) is 30.1 Å². The Labute approximate surface area is 181 Å². The Balaban J connectivity index is 1.49. The van der Waals surface area contributed by atoms with Gasteiger partial charge in [0, 0.05) is 48.8 Å². The Kier molecular flexibility index (Phi) is 6.06. The molecule has 2 atom stereocenters. The van der Waals surface area contributed by atoms with Gasteiger partial charge < -0.3 is 10.6 Å². The van der Waals surface area contributed by atoms with Crippen LogP contribution in [0.25, 0.3) is 0 Å². The highest BCUT2D eigenvalue weighted by atomic mass is 32.1. The lowest BCUT2D eigenvalue weighted by atomic mass is 10.1. The van der Waals surface area contributed by atoms with E-state index in [0.717, 1.165) is 35.6 Å². The molecule has 7 nitrogen and oxygen atoms in total. The Hall–Kier alpha value is -2.45. The molecular weight excluding hydrogens is 398 g/mol. The summed E-state index contributed by atoms with van der Waals surface area (Å²) in [6.45, 7) is 7.89. The summed E-state index contributed by atoms with van der Waals surface area (Å²) in [5.74, 6) is -0.115. The zero-order valence-corrected chi connectivity index (χ0v) is 18.5. The van der Waals surface area contributed by atoms with Crippen LogP contribution in [0, 0.1) is 6.92 Å². The zero-order chi connectivity index (χ0) is 21.3. The van der Waals surface area contributed by atoms with Gasteiger partial charge in [-0.25, -0.2) is 9.78 Å². The first kappa shape index (κ1) is 20.8. The first-order valence-electron chi connectivity index (χ1n) is 10.5. The molecule has 2 N–H and O–H groups in total. The van der Waals surface area contributed by atoms with Crippen LogP contribution in [0.5, 0.6) is 0 Å². The van der Waals surface area contributed by atoms with Crippen LogP contribution in [0.4, 0.5) is 10.5 Å². The summed E-state index contributed by atoms with van der Waals surface area (Å²) in [5, 5.41) is 8.79. The fraction of sp³-hybridized carbons (Fsp3) is 0.500. The number of hydrogen-bond donors (Lipinski definition) is 2. The summed E-state index contributed by atoms with van der Waals surface area (Å²) in [7, 11) is 0. The quantitative estimate of drug-likeness (QED) is 0.786. The number of fused-ring (bicyclic) bond motifs is 2.